The fourth-order valence-corrected chi connectivity index (χ4v) is 4.50. The molecule has 0 atom stereocenters. The second-order valence-electron chi connectivity index (χ2n) is 9.33. The summed E-state index contributed by atoms with van der Waals surface area (Å²) < 4.78 is 8.61. The first kappa shape index (κ1) is 24.6. The highest BCUT2D eigenvalue weighted by Gasteiger charge is 2.16. The molecule has 0 saturated carbocycles. The van der Waals surface area contributed by atoms with E-state index in [0.29, 0.717) is 11.2 Å². The molecule has 3 heterocycles. The van der Waals surface area contributed by atoms with Crippen LogP contribution in [0.25, 0.3) is 16.8 Å². The van der Waals surface area contributed by atoms with Crippen LogP contribution in [0.2, 0.25) is 0 Å². The number of likely N-dealkylation sites (tertiary alicyclic amines) is 1. The molecule has 1 N–H and O–H groups in total. The number of rotatable bonds is 7. The van der Waals surface area contributed by atoms with Crippen molar-refractivity contribution in [1.82, 2.24) is 19.2 Å². The number of hydrogen-bond acceptors (Lipinski definition) is 4. The lowest BCUT2D eigenvalue weighted by molar-refractivity contribution is -0.122. The number of nitrogens with zero attached hydrogens (tertiary/aromatic N) is 3. The number of carbonyl (C=O) groups excluding carboxylic acids is 1. The Labute approximate surface area is 206 Å². The van der Waals surface area contributed by atoms with Gasteiger partial charge >= 0.3 is 0 Å². The fraction of sp³-hybridized carbons (Fsp3) is 0.429. The zero-order chi connectivity index (χ0) is 24.8. The Kier molecular flexibility index (Phi) is 7.94. The van der Waals surface area contributed by atoms with Crippen LogP contribution >= 0.6 is 0 Å². The van der Waals surface area contributed by atoms with E-state index in [2.05, 4.69) is 22.1 Å². The zero-order valence-corrected chi connectivity index (χ0v) is 20.8. The fourth-order valence-electron chi connectivity index (χ4n) is 4.50. The van der Waals surface area contributed by atoms with Crippen LogP contribution in [0.3, 0.4) is 0 Å². The Balaban J connectivity index is 1.65. The molecular weight excluding hydrogens is 440 g/mol. The summed E-state index contributed by atoms with van der Waals surface area (Å²) in [5, 5.41) is 2.88. The lowest BCUT2D eigenvalue weighted by Crippen LogP contribution is -2.36. The van der Waals surface area contributed by atoms with Crippen molar-refractivity contribution in [2.45, 2.75) is 52.1 Å². The van der Waals surface area contributed by atoms with Gasteiger partial charge in [0.25, 0.3) is 5.56 Å². The predicted octanol–water partition coefficient (Wildman–Crippen LogP) is 3.53. The molecule has 1 aromatic carbocycles. The lowest BCUT2D eigenvalue weighted by atomic mass is 10.1. The molecule has 1 aliphatic rings. The minimum Gasteiger partial charge on any atom is -0.497 e. The number of piperidine rings is 1. The zero-order valence-electron chi connectivity index (χ0n) is 20.8. The predicted molar refractivity (Wildman–Crippen MR) is 139 cm³/mol. The molecule has 0 bridgehead atoms. The van der Waals surface area contributed by atoms with Gasteiger partial charge in [0.05, 0.1) is 12.8 Å². The van der Waals surface area contributed by atoms with Crippen molar-refractivity contribution in [3.63, 3.8) is 0 Å². The highest BCUT2D eigenvalue weighted by Crippen LogP contribution is 2.22. The maximum Gasteiger partial charge on any atom is 0.275 e. The molecule has 1 aliphatic heterocycles. The number of aromatic nitrogens is 2. The highest BCUT2D eigenvalue weighted by atomic mass is 16.5. The van der Waals surface area contributed by atoms with E-state index in [-0.39, 0.29) is 24.1 Å². The molecular formula is C28H34N4O3. The summed E-state index contributed by atoms with van der Waals surface area (Å²) in [6, 6.07) is 9.27. The first-order chi connectivity index (χ1) is 16.9. The largest absolute Gasteiger partial charge is 0.497 e. The van der Waals surface area contributed by atoms with Crippen molar-refractivity contribution in [1.29, 1.82) is 0 Å². The van der Waals surface area contributed by atoms with Crippen molar-refractivity contribution in [2.75, 3.05) is 26.7 Å². The summed E-state index contributed by atoms with van der Waals surface area (Å²) in [6.07, 6.45) is 8.46. The number of benzene rings is 1. The standard InChI is InChI=1S/C28H34N4O3/c1-21(2)29-27(33)20-32-26(23-10-12-24(35-3)13-11-23)19-31-18-22(17-25(31)28(32)34)9-5-8-16-30-14-6-4-7-15-30/h10-13,17-19,21H,4,6-8,14-16,20H2,1-3H3,(H,29,33). The molecule has 3 aromatic rings. The second kappa shape index (κ2) is 11.3. The van der Waals surface area contributed by atoms with Gasteiger partial charge in [0.2, 0.25) is 5.91 Å². The van der Waals surface area contributed by atoms with Gasteiger partial charge in [0.1, 0.15) is 17.8 Å². The molecule has 1 amide bonds. The van der Waals surface area contributed by atoms with Gasteiger partial charge in [-0.25, -0.2) is 0 Å². The van der Waals surface area contributed by atoms with Crippen LogP contribution in [-0.4, -0.2) is 52.6 Å². The topological polar surface area (TPSA) is 68.0 Å². The van der Waals surface area contributed by atoms with Gasteiger partial charge in [-0.1, -0.05) is 18.3 Å². The smallest absolute Gasteiger partial charge is 0.275 e. The monoisotopic (exact) mass is 474 g/mol. The molecule has 0 radical (unpaired) electrons. The molecule has 35 heavy (non-hydrogen) atoms. The van der Waals surface area contributed by atoms with E-state index in [1.54, 1.807) is 7.11 Å². The second-order valence-corrected chi connectivity index (χ2v) is 9.33. The Morgan fingerprint density at radius 1 is 1.11 bits per heavy atom. The van der Waals surface area contributed by atoms with Crippen LogP contribution in [0.1, 0.15) is 45.1 Å². The average molecular weight is 475 g/mol. The molecule has 1 saturated heterocycles. The summed E-state index contributed by atoms with van der Waals surface area (Å²) in [4.78, 5) is 28.5. The molecule has 0 unspecified atom stereocenters. The highest BCUT2D eigenvalue weighted by molar-refractivity contribution is 5.77. The van der Waals surface area contributed by atoms with Gasteiger partial charge < -0.3 is 19.4 Å². The van der Waals surface area contributed by atoms with E-state index >= 15 is 0 Å². The van der Waals surface area contributed by atoms with Crippen molar-refractivity contribution in [2.24, 2.45) is 0 Å². The first-order valence-electron chi connectivity index (χ1n) is 12.3. The molecule has 1 fully saturated rings. The van der Waals surface area contributed by atoms with Crippen LogP contribution in [0.15, 0.2) is 47.5 Å². The summed E-state index contributed by atoms with van der Waals surface area (Å²) >= 11 is 0. The van der Waals surface area contributed by atoms with Gasteiger partial charge in [0, 0.05) is 42.5 Å². The number of carbonyl (C=O) groups is 1. The molecule has 184 valence electrons. The average Bonchev–Trinajstić information content (AvgIpc) is 3.27. The maximum atomic E-state index is 13.5. The number of hydrogen-bond donors (Lipinski definition) is 1. The maximum absolute atomic E-state index is 13.5. The van der Waals surface area contributed by atoms with Crippen LogP contribution < -0.4 is 15.6 Å². The van der Waals surface area contributed by atoms with Gasteiger partial charge in [-0.3, -0.25) is 14.2 Å². The number of methoxy groups -OCH3 is 1. The van der Waals surface area contributed by atoms with Gasteiger partial charge in [-0.05, 0) is 70.1 Å². The Hall–Kier alpha value is -3.50. The molecule has 4 rings (SSSR count). The Bertz CT molecular complexity index is 1290. The van der Waals surface area contributed by atoms with E-state index in [1.807, 2.05) is 61.0 Å². The van der Waals surface area contributed by atoms with E-state index in [1.165, 1.54) is 23.8 Å². The molecule has 7 nitrogen and oxygen atoms in total. The van der Waals surface area contributed by atoms with Crippen molar-refractivity contribution < 1.29 is 9.53 Å². The van der Waals surface area contributed by atoms with Crippen LogP contribution in [0.5, 0.6) is 5.75 Å². The van der Waals surface area contributed by atoms with Gasteiger partial charge in [0.15, 0.2) is 0 Å². The van der Waals surface area contributed by atoms with Crippen molar-refractivity contribution in [3.8, 4) is 28.8 Å². The third-order valence-corrected chi connectivity index (χ3v) is 6.24. The van der Waals surface area contributed by atoms with Crippen molar-refractivity contribution in [3.05, 3.63) is 58.6 Å². The van der Waals surface area contributed by atoms with Gasteiger partial charge in [-0.2, -0.15) is 0 Å². The SMILES string of the molecule is COc1ccc(-c2cn3cc(C#CCCN4CCCCC4)cc3c(=O)n2CC(=O)NC(C)C)cc1. The third-order valence-electron chi connectivity index (χ3n) is 6.24. The summed E-state index contributed by atoms with van der Waals surface area (Å²) in [7, 11) is 1.61. The van der Waals surface area contributed by atoms with E-state index in [9.17, 15) is 9.59 Å². The molecule has 0 aliphatic carbocycles. The minimum atomic E-state index is -0.224. The normalized spacial score (nSPS) is 14.1. The van der Waals surface area contributed by atoms with E-state index in [0.717, 1.165) is 42.9 Å². The molecule has 2 aromatic heterocycles. The number of fused-ring (bicyclic) bond motifs is 1. The summed E-state index contributed by atoms with van der Waals surface area (Å²) in [6.45, 7) is 7.05. The Morgan fingerprint density at radius 2 is 1.86 bits per heavy atom. The first-order valence-corrected chi connectivity index (χ1v) is 12.3. The van der Waals surface area contributed by atoms with Crippen LogP contribution in [-0.2, 0) is 11.3 Å². The van der Waals surface area contributed by atoms with E-state index < -0.39 is 0 Å². The number of ether oxygens (including phenoxy) is 1. The third kappa shape index (κ3) is 6.14. The number of amides is 1. The summed E-state index contributed by atoms with van der Waals surface area (Å²) in [5.74, 6) is 7.01. The Morgan fingerprint density at radius 3 is 2.54 bits per heavy atom. The lowest BCUT2D eigenvalue weighted by Gasteiger charge is -2.25. The van der Waals surface area contributed by atoms with Crippen LogP contribution in [0.4, 0.5) is 0 Å². The number of nitrogens with one attached hydrogen (secondary N) is 1. The quantitative estimate of drug-likeness (QED) is 0.532. The van der Waals surface area contributed by atoms with E-state index in [4.69, 9.17) is 4.74 Å². The minimum absolute atomic E-state index is 0.00789. The molecule has 0 spiro atoms. The van der Waals surface area contributed by atoms with Crippen molar-refractivity contribution >= 4 is 11.4 Å². The van der Waals surface area contributed by atoms with Crippen LogP contribution in [0, 0.1) is 11.8 Å². The molecule has 7 heteroatoms. The summed E-state index contributed by atoms with van der Waals surface area (Å²) in [5.41, 5.74) is 2.55. The van der Waals surface area contributed by atoms with Gasteiger partial charge in [-0.15, -0.1) is 0 Å².